The Hall–Kier alpha value is -1.62. The Balaban J connectivity index is 2.83. The average molecular weight is 252 g/mol. The first kappa shape index (κ1) is 14.4. The summed E-state index contributed by atoms with van der Waals surface area (Å²) in [7, 11) is 0. The van der Waals surface area contributed by atoms with Crippen molar-refractivity contribution in [3.63, 3.8) is 0 Å². The number of hydrogen-bond donors (Lipinski definition) is 2. The zero-order valence-electron chi connectivity index (χ0n) is 11.0. The summed E-state index contributed by atoms with van der Waals surface area (Å²) >= 11 is 0. The highest BCUT2D eigenvalue weighted by Crippen LogP contribution is 2.15. The van der Waals surface area contributed by atoms with Crippen LogP contribution in [-0.4, -0.2) is 35.3 Å². The van der Waals surface area contributed by atoms with E-state index in [0.717, 1.165) is 0 Å². The molecule has 0 aliphatic rings. The maximum absolute atomic E-state index is 11.1. The molecule has 18 heavy (non-hydrogen) atoms. The minimum Gasteiger partial charge on any atom is -0.478 e. The average Bonchev–Trinajstić information content (AvgIpc) is 2.34. The van der Waals surface area contributed by atoms with Gasteiger partial charge in [-0.2, -0.15) is 0 Å². The summed E-state index contributed by atoms with van der Waals surface area (Å²) in [6.07, 6.45) is 1.58. The topological polar surface area (TPSA) is 71.5 Å². The van der Waals surface area contributed by atoms with Gasteiger partial charge in [0, 0.05) is 12.8 Å². The van der Waals surface area contributed by atoms with Crippen molar-refractivity contribution in [2.24, 2.45) is 5.92 Å². The van der Waals surface area contributed by atoms with Crippen LogP contribution in [0.5, 0.6) is 0 Å². The van der Waals surface area contributed by atoms with Gasteiger partial charge in [0.1, 0.15) is 11.4 Å². The van der Waals surface area contributed by atoms with Crippen molar-refractivity contribution in [1.82, 2.24) is 4.98 Å². The Morgan fingerprint density at radius 1 is 1.56 bits per heavy atom. The molecule has 0 saturated carbocycles. The molecule has 100 valence electrons. The summed E-state index contributed by atoms with van der Waals surface area (Å²) in [5, 5.41) is 12.2. The lowest BCUT2D eigenvalue weighted by atomic mass is 10.1. The number of carboxylic acids is 1. The van der Waals surface area contributed by atoms with Crippen LogP contribution in [0.15, 0.2) is 18.3 Å². The molecule has 0 aliphatic carbocycles. The Morgan fingerprint density at radius 3 is 2.83 bits per heavy atom. The molecule has 5 nitrogen and oxygen atoms in total. The predicted molar refractivity (Wildman–Crippen MR) is 69.9 cm³/mol. The van der Waals surface area contributed by atoms with Crippen molar-refractivity contribution < 1.29 is 14.6 Å². The summed E-state index contributed by atoms with van der Waals surface area (Å²) in [5.74, 6) is -0.270. The van der Waals surface area contributed by atoms with Crippen LogP contribution in [0.3, 0.4) is 0 Å². The van der Waals surface area contributed by atoms with Gasteiger partial charge in [0.2, 0.25) is 0 Å². The number of rotatable bonds is 7. The quantitative estimate of drug-likeness (QED) is 0.778. The molecule has 0 bridgehead atoms. The van der Waals surface area contributed by atoms with Crippen LogP contribution >= 0.6 is 0 Å². The van der Waals surface area contributed by atoms with E-state index in [1.807, 2.05) is 6.92 Å². The zero-order chi connectivity index (χ0) is 13.5. The summed E-state index contributed by atoms with van der Waals surface area (Å²) in [4.78, 5) is 15.2. The van der Waals surface area contributed by atoms with E-state index in [0.29, 0.717) is 24.9 Å². The first-order valence-corrected chi connectivity index (χ1v) is 6.08. The number of aromatic nitrogens is 1. The van der Waals surface area contributed by atoms with Gasteiger partial charge in [-0.3, -0.25) is 0 Å². The first-order valence-electron chi connectivity index (χ1n) is 6.08. The Morgan fingerprint density at radius 2 is 2.28 bits per heavy atom. The van der Waals surface area contributed by atoms with E-state index in [9.17, 15) is 4.79 Å². The molecular formula is C13H20N2O3. The van der Waals surface area contributed by atoms with E-state index in [4.69, 9.17) is 9.84 Å². The molecule has 0 amide bonds. The van der Waals surface area contributed by atoms with Gasteiger partial charge in [0.15, 0.2) is 0 Å². The standard InChI is InChI=1S/C13H20N2O3/c1-4-18-8-11(9(2)3)15-12-10(13(16)17)6-5-7-14-12/h5-7,9,11H,4,8H2,1-3H3,(H,14,15)(H,16,17). The predicted octanol–water partition coefficient (Wildman–Crippen LogP) is 2.25. The molecule has 1 aromatic heterocycles. The Kier molecular flexibility index (Phi) is 5.58. The molecule has 0 saturated heterocycles. The number of carboxylic acid groups (broad SMARTS) is 1. The number of aromatic carboxylic acids is 1. The fraction of sp³-hybridized carbons (Fsp3) is 0.538. The molecule has 1 aromatic rings. The number of carbonyl (C=O) groups is 1. The molecule has 1 rings (SSSR count). The first-order chi connectivity index (χ1) is 8.56. The molecule has 0 aliphatic heterocycles. The molecule has 0 fully saturated rings. The minimum absolute atomic E-state index is 0.0398. The third kappa shape index (κ3) is 4.00. The molecule has 1 heterocycles. The van der Waals surface area contributed by atoms with Gasteiger partial charge in [-0.15, -0.1) is 0 Å². The third-order valence-electron chi connectivity index (χ3n) is 2.67. The van der Waals surface area contributed by atoms with E-state index >= 15 is 0 Å². The summed E-state index contributed by atoms with van der Waals surface area (Å²) in [6.45, 7) is 7.21. The second-order valence-electron chi connectivity index (χ2n) is 4.36. The van der Waals surface area contributed by atoms with E-state index in [1.54, 1.807) is 12.3 Å². The normalized spacial score (nSPS) is 12.4. The van der Waals surface area contributed by atoms with Crippen LogP contribution in [0, 0.1) is 5.92 Å². The van der Waals surface area contributed by atoms with E-state index in [2.05, 4.69) is 24.1 Å². The lowest BCUT2D eigenvalue weighted by Gasteiger charge is -2.23. The van der Waals surface area contributed by atoms with E-state index in [-0.39, 0.29) is 11.6 Å². The van der Waals surface area contributed by atoms with Gasteiger partial charge in [-0.25, -0.2) is 9.78 Å². The highest BCUT2D eigenvalue weighted by molar-refractivity contribution is 5.93. The van der Waals surface area contributed by atoms with Crippen LogP contribution in [0.1, 0.15) is 31.1 Å². The van der Waals surface area contributed by atoms with Gasteiger partial charge in [-0.1, -0.05) is 13.8 Å². The lowest BCUT2D eigenvalue weighted by Crippen LogP contribution is -2.32. The molecule has 2 N–H and O–H groups in total. The number of nitrogens with one attached hydrogen (secondary N) is 1. The van der Waals surface area contributed by atoms with Crippen molar-refractivity contribution >= 4 is 11.8 Å². The van der Waals surface area contributed by atoms with Gasteiger partial charge in [-0.05, 0) is 25.0 Å². The minimum atomic E-state index is -0.982. The van der Waals surface area contributed by atoms with Crippen LogP contribution < -0.4 is 5.32 Å². The van der Waals surface area contributed by atoms with Crippen LogP contribution in [0.2, 0.25) is 0 Å². The van der Waals surface area contributed by atoms with Crippen molar-refractivity contribution in [2.75, 3.05) is 18.5 Å². The maximum Gasteiger partial charge on any atom is 0.339 e. The highest BCUT2D eigenvalue weighted by atomic mass is 16.5. The fourth-order valence-corrected chi connectivity index (χ4v) is 1.51. The van der Waals surface area contributed by atoms with Crippen LogP contribution in [0.4, 0.5) is 5.82 Å². The number of pyridine rings is 1. The SMILES string of the molecule is CCOCC(Nc1ncccc1C(=O)O)C(C)C. The third-order valence-corrected chi connectivity index (χ3v) is 2.67. The lowest BCUT2D eigenvalue weighted by molar-refractivity contribution is 0.0697. The fourth-order valence-electron chi connectivity index (χ4n) is 1.51. The van der Waals surface area contributed by atoms with Gasteiger partial charge < -0.3 is 15.2 Å². The molecule has 0 spiro atoms. The number of hydrogen-bond acceptors (Lipinski definition) is 4. The highest BCUT2D eigenvalue weighted by Gasteiger charge is 2.17. The number of anilines is 1. The molecule has 0 aromatic carbocycles. The second kappa shape index (κ2) is 6.96. The van der Waals surface area contributed by atoms with Gasteiger partial charge in [0.25, 0.3) is 0 Å². The summed E-state index contributed by atoms with van der Waals surface area (Å²) in [6, 6.07) is 3.19. The number of ether oxygens (including phenoxy) is 1. The van der Waals surface area contributed by atoms with Crippen molar-refractivity contribution in [3.8, 4) is 0 Å². The number of nitrogens with zero attached hydrogens (tertiary/aromatic N) is 1. The zero-order valence-corrected chi connectivity index (χ0v) is 11.0. The molecule has 1 atom stereocenters. The molecule has 5 heteroatoms. The van der Waals surface area contributed by atoms with E-state index < -0.39 is 5.97 Å². The van der Waals surface area contributed by atoms with Crippen molar-refractivity contribution in [2.45, 2.75) is 26.8 Å². The van der Waals surface area contributed by atoms with Crippen molar-refractivity contribution in [1.29, 1.82) is 0 Å². The Labute approximate surface area is 107 Å². The van der Waals surface area contributed by atoms with Crippen LogP contribution in [0.25, 0.3) is 0 Å². The Bertz CT molecular complexity index is 394. The smallest absolute Gasteiger partial charge is 0.339 e. The van der Waals surface area contributed by atoms with Crippen LogP contribution in [-0.2, 0) is 4.74 Å². The molecule has 1 unspecified atom stereocenters. The van der Waals surface area contributed by atoms with Gasteiger partial charge >= 0.3 is 5.97 Å². The summed E-state index contributed by atoms with van der Waals surface area (Å²) < 4.78 is 5.39. The van der Waals surface area contributed by atoms with Gasteiger partial charge in [0.05, 0.1) is 12.6 Å². The molecule has 0 radical (unpaired) electrons. The molecular weight excluding hydrogens is 232 g/mol. The maximum atomic E-state index is 11.1. The second-order valence-corrected chi connectivity index (χ2v) is 4.36. The van der Waals surface area contributed by atoms with E-state index in [1.165, 1.54) is 6.07 Å². The largest absolute Gasteiger partial charge is 0.478 e. The van der Waals surface area contributed by atoms with Crippen molar-refractivity contribution in [3.05, 3.63) is 23.9 Å². The monoisotopic (exact) mass is 252 g/mol. The summed E-state index contributed by atoms with van der Waals surface area (Å²) in [5.41, 5.74) is 0.180.